The average molecular weight is 311 g/mol. The highest BCUT2D eigenvalue weighted by molar-refractivity contribution is 7.09. The summed E-state index contributed by atoms with van der Waals surface area (Å²) in [5.41, 5.74) is 0.485. The van der Waals surface area contributed by atoms with E-state index in [9.17, 15) is 9.59 Å². The molecule has 0 aliphatic heterocycles. The van der Waals surface area contributed by atoms with Gasteiger partial charge in [-0.1, -0.05) is 13.8 Å². The smallest absolute Gasteiger partial charge is 0.240 e. The molecule has 1 aromatic heterocycles. The summed E-state index contributed by atoms with van der Waals surface area (Å²) in [6.07, 6.45) is 0.239. The summed E-state index contributed by atoms with van der Waals surface area (Å²) in [6, 6.07) is 0. The van der Waals surface area contributed by atoms with Crippen LogP contribution in [0.5, 0.6) is 0 Å². The lowest BCUT2D eigenvalue weighted by Gasteiger charge is -2.23. The number of nitrogens with zero attached hydrogens (tertiary/aromatic N) is 2. The minimum atomic E-state index is -0.290. The summed E-state index contributed by atoms with van der Waals surface area (Å²) in [4.78, 5) is 29.8. The Hall–Kier alpha value is -1.43. The number of amides is 2. The average Bonchev–Trinajstić information content (AvgIpc) is 2.74. The SMILES string of the molecule is CC(C)c1nc(CC(=O)N(C)CC(=O)NC(C)(C)C)cs1. The van der Waals surface area contributed by atoms with Gasteiger partial charge in [-0.15, -0.1) is 11.3 Å². The van der Waals surface area contributed by atoms with Crippen molar-refractivity contribution in [2.24, 2.45) is 0 Å². The van der Waals surface area contributed by atoms with Crippen molar-refractivity contribution in [1.82, 2.24) is 15.2 Å². The summed E-state index contributed by atoms with van der Waals surface area (Å²) in [7, 11) is 1.64. The van der Waals surface area contributed by atoms with E-state index < -0.39 is 0 Å². The zero-order valence-corrected chi connectivity index (χ0v) is 14.5. The fourth-order valence-electron chi connectivity index (χ4n) is 1.72. The molecule has 1 N–H and O–H groups in total. The first-order chi connectivity index (χ1) is 9.58. The highest BCUT2D eigenvalue weighted by Crippen LogP contribution is 2.19. The highest BCUT2D eigenvalue weighted by Gasteiger charge is 2.18. The Labute approximate surface area is 130 Å². The molecule has 0 aromatic carbocycles. The number of hydrogen-bond donors (Lipinski definition) is 1. The van der Waals surface area contributed by atoms with Crippen LogP contribution in [0.15, 0.2) is 5.38 Å². The lowest BCUT2D eigenvalue weighted by atomic mass is 10.1. The number of likely N-dealkylation sites (N-methyl/N-ethyl adjacent to an activating group) is 1. The topological polar surface area (TPSA) is 62.3 Å². The largest absolute Gasteiger partial charge is 0.350 e. The van der Waals surface area contributed by atoms with E-state index in [1.165, 1.54) is 4.90 Å². The minimum Gasteiger partial charge on any atom is -0.350 e. The van der Waals surface area contributed by atoms with Crippen molar-refractivity contribution < 1.29 is 9.59 Å². The molecule has 0 radical (unpaired) electrons. The number of carbonyl (C=O) groups is 2. The number of aromatic nitrogens is 1. The summed E-state index contributed by atoms with van der Waals surface area (Å²) in [5, 5.41) is 5.79. The molecule has 118 valence electrons. The predicted octanol–water partition coefficient (Wildman–Crippen LogP) is 2.18. The summed E-state index contributed by atoms with van der Waals surface area (Å²) >= 11 is 1.57. The van der Waals surface area contributed by atoms with Crippen LogP contribution in [0.4, 0.5) is 0 Å². The maximum absolute atomic E-state index is 12.1. The van der Waals surface area contributed by atoms with Crippen molar-refractivity contribution in [3.8, 4) is 0 Å². The van der Waals surface area contributed by atoms with Crippen molar-refractivity contribution in [2.75, 3.05) is 13.6 Å². The molecule has 0 aliphatic rings. The van der Waals surface area contributed by atoms with Crippen LogP contribution in [0, 0.1) is 0 Å². The second-order valence-electron chi connectivity index (χ2n) is 6.56. The molecule has 0 saturated carbocycles. The molecular formula is C15H25N3O2S. The van der Waals surface area contributed by atoms with Gasteiger partial charge >= 0.3 is 0 Å². The maximum Gasteiger partial charge on any atom is 0.240 e. The van der Waals surface area contributed by atoms with Crippen LogP contribution in [0.1, 0.15) is 51.2 Å². The quantitative estimate of drug-likeness (QED) is 0.906. The van der Waals surface area contributed by atoms with Gasteiger partial charge in [0.15, 0.2) is 0 Å². The van der Waals surface area contributed by atoms with Gasteiger partial charge in [0.25, 0.3) is 0 Å². The second kappa shape index (κ2) is 7.02. The fourth-order valence-corrected chi connectivity index (χ4v) is 2.56. The van der Waals surface area contributed by atoms with Crippen LogP contribution in [-0.2, 0) is 16.0 Å². The van der Waals surface area contributed by atoms with Gasteiger partial charge in [-0.05, 0) is 20.8 Å². The summed E-state index contributed by atoms with van der Waals surface area (Å²) in [5.74, 6) is 0.119. The Morgan fingerprint density at radius 1 is 1.38 bits per heavy atom. The Bertz CT molecular complexity index is 503. The van der Waals surface area contributed by atoms with E-state index in [4.69, 9.17) is 0 Å². The van der Waals surface area contributed by atoms with Gasteiger partial charge in [0.2, 0.25) is 11.8 Å². The number of carbonyl (C=O) groups excluding carboxylic acids is 2. The van der Waals surface area contributed by atoms with Crippen molar-refractivity contribution in [1.29, 1.82) is 0 Å². The lowest BCUT2D eigenvalue weighted by molar-refractivity contribution is -0.134. The predicted molar refractivity (Wildman–Crippen MR) is 85.4 cm³/mol. The normalized spacial score (nSPS) is 11.6. The fraction of sp³-hybridized carbons (Fsp3) is 0.667. The molecule has 1 heterocycles. The summed E-state index contributed by atoms with van der Waals surface area (Å²) in [6.45, 7) is 9.96. The molecule has 0 saturated heterocycles. The van der Waals surface area contributed by atoms with Gasteiger partial charge in [-0.3, -0.25) is 9.59 Å². The summed E-state index contributed by atoms with van der Waals surface area (Å²) < 4.78 is 0. The molecule has 0 fully saturated rings. The molecule has 21 heavy (non-hydrogen) atoms. The van der Waals surface area contributed by atoms with Crippen LogP contribution < -0.4 is 5.32 Å². The van der Waals surface area contributed by atoms with Crippen molar-refractivity contribution in [3.63, 3.8) is 0 Å². The van der Waals surface area contributed by atoms with E-state index in [0.29, 0.717) is 5.92 Å². The van der Waals surface area contributed by atoms with Crippen LogP contribution in [0.3, 0.4) is 0 Å². The molecule has 0 spiro atoms. The van der Waals surface area contributed by atoms with E-state index in [-0.39, 0.29) is 30.3 Å². The molecule has 0 unspecified atom stereocenters. The van der Waals surface area contributed by atoms with E-state index in [0.717, 1.165) is 10.7 Å². The van der Waals surface area contributed by atoms with Crippen molar-refractivity contribution in [2.45, 2.75) is 52.5 Å². The molecule has 2 amide bonds. The van der Waals surface area contributed by atoms with Gasteiger partial charge in [0.05, 0.1) is 23.7 Å². The third-order valence-corrected chi connectivity index (χ3v) is 3.91. The molecule has 1 rings (SSSR count). The molecule has 1 aromatic rings. The molecule has 0 atom stereocenters. The Morgan fingerprint density at radius 3 is 2.48 bits per heavy atom. The highest BCUT2D eigenvalue weighted by atomic mass is 32.1. The Balaban J connectivity index is 2.52. The van der Waals surface area contributed by atoms with Gasteiger partial charge < -0.3 is 10.2 Å². The van der Waals surface area contributed by atoms with Crippen molar-refractivity contribution in [3.05, 3.63) is 16.1 Å². The number of nitrogens with one attached hydrogen (secondary N) is 1. The third kappa shape index (κ3) is 6.25. The first-order valence-electron chi connectivity index (χ1n) is 7.08. The minimum absolute atomic E-state index is 0.0667. The van der Waals surface area contributed by atoms with Crippen LogP contribution in [0.2, 0.25) is 0 Å². The van der Waals surface area contributed by atoms with Crippen molar-refractivity contribution >= 4 is 23.2 Å². The standard InChI is InChI=1S/C15H25N3O2S/c1-10(2)14-16-11(9-21-14)7-13(20)18(6)8-12(19)17-15(3,4)5/h9-10H,7-8H2,1-6H3,(H,17,19). The van der Waals surface area contributed by atoms with Crippen LogP contribution >= 0.6 is 11.3 Å². The molecule has 0 bridgehead atoms. The maximum atomic E-state index is 12.1. The monoisotopic (exact) mass is 311 g/mol. The van der Waals surface area contributed by atoms with Crippen LogP contribution in [0.25, 0.3) is 0 Å². The zero-order valence-electron chi connectivity index (χ0n) is 13.7. The zero-order chi connectivity index (χ0) is 16.2. The van der Waals surface area contributed by atoms with E-state index in [1.54, 1.807) is 18.4 Å². The number of rotatable bonds is 5. The van der Waals surface area contributed by atoms with E-state index >= 15 is 0 Å². The first-order valence-corrected chi connectivity index (χ1v) is 7.95. The van der Waals surface area contributed by atoms with E-state index in [2.05, 4.69) is 24.1 Å². The van der Waals surface area contributed by atoms with Gasteiger partial charge in [-0.25, -0.2) is 4.98 Å². The lowest BCUT2D eigenvalue weighted by Crippen LogP contribution is -2.46. The molecule has 6 heteroatoms. The van der Waals surface area contributed by atoms with Gasteiger partial charge in [0.1, 0.15) is 0 Å². The first kappa shape index (κ1) is 17.6. The second-order valence-corrected chi connectivity index (χ2v) is 7.45. The van der Waals surface area contributed by atoms with E-state index in [1.807, 2.05) is 26.2 Å². The third-order valence-electron chi connectivity index (χ3n) is 2.72. The molecule has 0 aliphatic carbocycles. The van der Waals surface area contributed by atoms with Gasteiger partial charge in [-0.2, -0.15) is 0 Å². The van der Waals surface area contributed by atoms with Crippen LogP contribution in [-0.4, -0.2) is 40.8 Å². The Kier molecular flexibility index (Phi) is 5.89. The van der Waals surface area contributed by atoms with Gasteiger partial charge in [0, 0.05) is 23.9 Å². The number of thiazole rings is 1. The molecule has 5 nitrogen and oxygen atoms in total. The number of hydrogen-bond acceptors (Lipinski definition) is 4. The Morgan fingerprint density at radius 2 is 2.00 bits per heavy atom. The molecular weight excluding hydrogens is 286 g/mol.